The zero-order chi connectivity index (χ0) is 15.2. The van der Waals surface area contributed by atoms with Crippen molar-refractivity contribution in [2.75, 3.05) is 30.3 Å². The monoisotopic (exact) mass is 289 g/mol. The summed E-state index contributed by atoms with van der Waals surface area (Å²) in [4.78, 5) is 13.7. The van der Waals surface area contributed by atoms with E-state index < -0.39 is 0 Å². The molecule has 2 rings (SSSR count). The Labute approximate surface area is 127 Å². The van der Waals surface area contributed by atoms with E-state index in [0.29, 0.717) is 6.04 Å². The first kappa shape index (κ1) is 15.8. The summed E-state index contributed by atoms with van der Waals surface area (Å²) in [5, 5.41) is 6.52. The van der Waals surface area contributed by atoms with Gasteiger partial charge in [-0.1, -0.05) is 13.0 Å². The summed E-state index contributed by atoms with van der Waals surface area (Å²) < 4.78 is 0. The number of carbonyl (C=O) groups excluding carboxylic acids is 1. The van der Waals surface area contributed by atoms with Crippen molar-refractivity contribution in [1.82, 2.24) is 4.90 Å². The van der Waals surface area contributed by atoms with Crippen LogP contribution in [0.4, 0.5) is 11.4 Å². The minimum Gasteiger partial charge on any atom is -0.382 e. The van der Waals surface area contributed by atoms with Gasteiger partial charge in [-0.25, -0.2) is 0 Å². The Balaban J connectivity index is 2.02. The molecule has 0 radical (unpaired) electrons. The van der Waals surface area contributed by atoms with Gasteiger partial charge in [-0.15, -0.1) is 0 Å². The predicted octanol–water partition coefficient (Wildman–Crippen LogP) is 3.24. The molecule has 0 aromatic heterocycles. The number of anilines is 2. The van der Waals surface area contributed by atoms with Crippen molar-refractivity contribution < 1.29 is 4.79 Å². The molecule has 2 N–H and O–H groups in total. The normalized spacial score (nSPS) is 19.9. The minimum atomic E-state index is -0.0298. The molecule has 1 fully saturated rings. The number of rotatable bonds is 4. The zero-order valence-electron chi connectivity index (χ0n) is 13.4. The summed E-state index contributed by atoms with van der Waals surface area (Å²) >= 11 is 0. The maximum Gasteiger partial charge on any atom is 0.221 e. The van der Waals surface area contributed by atoms with Gasteiger partial charge in [-0.05, 0) is 57.0 Å². The van der Waals surface area contributed by atoms with E-state index in [1.807, 2.05) is 12.1 Å². The molecule has 1 amide bonds. The number of amides is 1. The lowest BCUT2D eigenvalue weighted by Gasteiger charge is -2.21. The van der Waals surface area contributed by atoms with E-state index in [4.69, 9.17) is 0 Å². The molecule has 0 spiro atoms. The third-order valence-electron chi connectivity index (χ3n) is 4.19. The van der Waals surface area contributed by atoms with Crippen molar-refractivity contribution in [2.45, 2.75) is 46.1 Å². The van der Waals surface area contributed by atoms with Crippen molar-refractivity contribution in [3.8, 4) is 0 Å². The second kappa shape index (κ2) is 7.46. The van der Waals surface area contributed by atoms with Crippen LogP contribution in [0.2, 0.25) is 0 Å². The van der Waals surface area contributed by atoms with Crippen LogP contribution in [0, 0.1) is 6.92 Å². The van der Waals surface area contributed by atoms with Crippen molar-refractivity contribution in [3.05, 3.63) is 23.8 Å². The van der Waals surface area contributed by atoms with Gasteiger partial charge < -0.3 is 15.5 Å². The lowest BCUT2D eigenvalue weighted by atomic mass is 10.1. The average Bonchev–Trinajstić information content (AvgIpc) is 2.67. The van der Waals surface area contributed by atoms with Crippen LogP contribution in [0.1, 0.15) is 38.7 Å². The van der Waals surface area contributed by atoms with Crippen LogP contribution < -0.4 is 10.6 Å². The Morgan fingerprint density at radius 1 is 1.33 bits per heavy atom. The molecule has 0 bridgehead atoms. The third kappa shape index (κ3) is 4.74. The lowest BCUT2D eigenvalue weighted by molar-refractivity contribution is -0.114. The first-order valence-corrected chi connectivity index (χ1v) is 7.95. The van der Waals surface area contributed by atoms with Crippen molar-refractivity contribution >= 4 is 17.3 Å². The van der Waals surface area contributed by atoms with E-state index >= 15 is 0 Å². The minimum absolute atomic E-state index is 0.0298. The number of aryl methyl sites for hydroxylation is 1. The molecule has 0 saturated carbocycles. The summed E-state index contributed by atoms with van der Waals surface area (Å²) in [6, 6.07) is 6.57. The average molecular weight is 289 g/mol. The Hall–Kier alpha value is -1.55. The molecule has 1 saturated heterocycles. The number of benzene rings is 1. The van der Waals surface area contributed by atoms with Gasteiger partial charge in [0.05, 0.1) is 0 Å². The van der Waals surface area contributed by atoms with E-state index in [1.54, 1.807) is 0 Å². The van der Waals surface area contributed by atoms with Crippen LogP contribution in [-0.2, 0) is 4.79 Å². The maximum atomic E-state index is 11.2. The summed E-state index contributed by atoms with van der Waals surface area (Å²) in [6.45, 7) is 9.39. The van der Waals surface area contributed by atoms with Gasteiger partial charge in [0.25, 0.3) is 0 Å². The van der Waals surface area contributed by atoms with Crippen LogP contribution in [0.15, 0.2) is 18.2 Å². The molecule has 1 aliphatic rings. The molecule has 1 aromatic rings. The number of carbonyl (C=O) groups is 1. The van der Waals surface area contributed by atoms with Crippen LogP contribution in [0.25, 0.3) is 0 Å². The number of nitrogens with zero attached hydrogens (tertiary/aromatic N) is 1. The Kier molecular flexibility index (Phi) is 5.62. The van der Waals surface area contributed by atoms with Gasteiger partial charge in [0, 0.05) is 30.9 Å². The van der Waals surface area contributed by atoms with Crippen LogP contribution >= 0.6 is 0 Å². The second-order valence-corrected chi connectivity index (χ2v) is 5.92. The lowest BCUT2D eigenvalue weighted by Crippen LogP contribution is -2.26. The fourth-order valence-corrected chi connectivity index (χ4v) is 2.89. The summed E-state index contributed by atoms with van der Waals surface area (Å²) in [6.07, 6.45) is 3.63. The highest BCUT2D eigenvalue weighted by molar-refractivity contribution is 5.89. The molecule has 1 aromatic carbocycles. The fraction of sp³-hybridized carbons (Fsp3) is 0.588. The van der Waals surface area contributed by atoms with Gasteiger partial charge in [-0.3, -0.25) is 4.79 Å². The van der Waals surface area contributed by atoms with Crippen LogP contribution in [0.5, 0.6) is 0 Å². The quantitative estimate of drug-likeness (QED) is 0.894. The molecule has 1 atom stereocenters. The van der Waals surface area contributed by atoms with Crippen LogP contribution in [-0.4, -0.2) is 36.5 Å². The smallest absolute Gasteiger partial charge is 0.221 e. The van der Waals surface area contributed by atoms with Gasteiger partial charge in [0.2, 0.25) is 5.91 Å². The first-order valence-electron chi connectivity index (χ1n) is 7.95. The van der Waals surface area contributed by atoms with Crippen LogP contribution in [0.3, 0.4) is 0 Å². The molecule has 4 nitrogen and oxygen atoms in total. The highest BCUT2D eigenvalue weighted by Gasteiger charge is 2.16. The number of hydrogen-bond acceptors (Lipinski definition) is 3. The molecule has 4 heteroatoms. The Morgan fingerprint density at radius 2 is 2.14 bits per heavy atom. The molecule has 1 unspecified atom stereocenters. The van der Waals surface area contributed by atoms with Crippen molar-refractivity contribution in [1.29, 1.82) is 0 Å². The molecular weight excluding hydrogens is 262 g/mol. The number of likely N-dealkylation sites (tertiary alicyclic amines) is 1. The first-order chi connectivity index (χ1) is 10.1. The molecule has 1 heterocycles. The van der Waals surface area contributed by atoms with E-state index in [1.165, 1.54) is 44.8 Å². The van der Waals surface area contributed by atoms with Crippen molar-refractivity contribution in [2.24, 2.45) is 0 Å². The second-order valence-electron chi connectivity index (χ2n) is 5.92. The molecule has 0 aliphatic carbocycles. The van der Waals surface area contributed by atoms with Gasteiger partial charge in [0.1, 0.15) is 0 Å². The molecular formula is C17H27N3O. The van der Waals surface area contributed by atoms with E-state index in [0.717, 1.165) is 17.9 Å². The molecule has 21 heavy (non-hydrogen) atoms. The highest BCUT2D eigenvalue weighted by atomic mass is 16.1. The third-order valence-corrected chi connectivity index (χ3v) is 4.19. The van der Waals surface area contributed by atoms with Crippen molar-refractivity contribution in [3.63, 3.8) is 0 Å². The van der Waals surface area contributed by atoms with Gasteiger partial charge in [-0.2, -0.15) is 0 Å². The zero-order valence-corrected chi connectivity index (χ0v) is 13.4. The number of nitrogens with one attached hydrogen (secondary N) is 2. The molecule has 1 aliphatic heterocycles. The van der Waals surface area contributed by atoms with E-state index in [2.05, 4.69) is 35.4 Å². The standard InChI is InChI=1S/C17H27N3O/c1-4-20-10-5-6-15(9-11-20)19-17-12-16(18-14(3)21)8-7-13(17)2/h7-8,12,15,19H,4-6,9-11H2,1-3H3,(H,18,21). The Morgan fingerprint density at radius 3 is 2.86 bits per heavy atom. The summed E-state index contributed by atoms with van der Waals surface area (Å²) in [5.41, 5.74) is 3.22. The van der Waals surface area contributed by atoms with Gasteiger partial charge >= 0.3 is 0 Å². The highest BCUT2D eigenvalue weighted by Crippen LogP contribution is 2.23. The van der Waals surface area contributed by atoms with E-state index in [9.17, 15) is 4.79 Å². The largest absolute Gasteiger partial charge is 0.382 e. The summed E-state index contributed by atoms with van der Waals surface area (Å²) in [7, 11) is 0. The Bertz CT molecular complexity index is 487. The van der Waals surface area contributed by atoms with Gasteiger partial charge in [0.15, 0.2) is 0 Å². The topological polar surface area (TPSA) is 44.4 Å². The SMILES string of the molecule is CCN1CCCC(Nc2cc(NC(C)=O)ccc2C)CC1. The van der Waals surface area contributed by atoms with E-state index in [-0.39, 0.29) is 5.91 Å². The maximum absolute atomic E-state index is 11.2. The fourth-order valence-electron chi connectivity index (χ4n) is 2.89. The summed E-state index contributed by atoms with van der Waals surface area (Å²) in [5.74, 6) is -0.0298. The molecule has 116 valence electrons. The predicted molar refractivity (Wildman–Crippen MR) is 88.9 cm³/mol. The number of hydrogen-bond donors (Lipinski definition) is 2.